The molecule has 2 aromatic heterocycles. The Balaban J connectivity index is 2.05. The van der Waals surface area contributed by atoms with E-state index in [0.29, 0.717) is 29.6 Å². The van der Waals surface area contributed by atoms with Gasteiger partial charge in [0.05, 0.1) is 23.7 Å². The average Bonchev–Trinajstić information content (AvgIpc) is 2.61. The molecule has 1 unspecified atom stereocenters. The minimum absolute atomic E-state index is 0.109. The predicted octanol–water partition coefficient (Wildman–Crippen LogP) is 2.68. The number of para-hydroxylation sites is 1. The van der Waals surface area contributed by atoms with E-state index in [1.807, 2.05) is 0 Å². The van der Waals surface area contributed by atoms with E-state index in [1.54, 1.807) is 36.1 Å². The van der Waals surface area contributed by atoms with Crippen LogP contribution in [0.5, 0.6) is 0 Å². The largest absolute Gasteiger partial charge is 0.433 e. The third-order valence-corrected chi connectivity index (χ3v) is 4.99. The van der Waals surface area contributed by atoms with Crippen molar-refractivity contribution in [3.63, 3.8) is 0 Å². The number of rotatable bonds is 3. The molecule has 9 heteroatoms. The second kappa shape index (κ2) is 6.59. The van der Waals surface area contributed by atoms with Crippen LogP contribution in [-0.2, 0) is 6.18 Å². The van der Waals surface area contributed by atoms with Gasteiger partial charge in [0, 0.05) is 6.54 Å². The Kier molecular flexibility index (Phi) is 4.34. The van der Waals surface area contributed by atoms with E-state index in [0.717, 1.165) is 10.6 Å². The zero-order valence-corrected chi connectivity index (χ0v) is 14.9. The average molecular weight is 390 g/mol. The fraction of sp³-hybridized carbons (Fsp3) is 0.316. The van der Waals surface area contributed by atoms with Crippen LogP contribution < -0.4 is 10.6 Å². The fourth-order valence-corrected chi connectivity index (χ4v) is 3.40. The van der Waals surface area contributed by atoms with Gasteiger partial charge < -0.3 is 10.0 Å². The first-order valence-electron chi connectivity index (χ1n) is 8.76. The summed E-state index contributed by atoms with van der Waals surface area (Å²) in [4.78, 5) is 22.5. The van der Waals surface area contributed by atoms with Crippen molar-refractivity contribution in [3.05, 3.63) is 58.1 Å². The number of aliphatic hydroxyl groups is 1. The Bertz CT molecular complexity index is 1110. The van der Waals surface area contributed by atoms with Crippen molar-refractivity contribution in [3.8, 4) is 5.69 Å². The molecule has 1 fully saturated rings. The second-order valence-corrected chi connectivity index (χ2v) is 6.72. The molecule has 146 valence electrons. The molecule has 28 heavy (non-hydrogen) atoms. The lowest BCUT2D eigenvalue weighted by Gasteiger charge is -2.41. The molecule has 0 spiro atoms. The first-order valence-corrected chi connectivity index (χ1v) is 8.76. The van der Waals surface area contributed by atoms with E-state index in [4.69, 9.17) is 0 Å². The molecular weight excluding hydrogens is 373 g/mol. The molecule has 0 amide bonds. The minimum Gasteiger partial charge on any atom is -0.394 e. The number of halogens is 3. The summed E-state index contributed by atoms with van der Waals surface area (Å²) in [6.45, 7) is 2.19. The maximum absolute atomic E-state index is 13.3. The molecule has 1 N–H and O–H groups in total. The van der Waals surface area contributed by atoms with Gasteiger partial charge in [-0.2, -0.15) is 18.2 Å². The standard InChI is InChI=1S/C19H17F3N4O2/c1-11-4-2-3-5-14(11)26-17-13(6-7-15(23-17)19(20,21)22)16(24-18(26)28)25-9-8-12(25)10-27/h2-7,12,27H,8-10H2,1H3. The van der Waals surface area contributed by atoms with Crippen LogP contribution in [0.2, 0.25) is 0 Å². The van der Waals surface area contributed by atoms with E-state index < -0.39 is 17.6 Å². The molecule has 0 bridgehead atoms. The highest BCUT2D eigenvalue weighted by molar-refractivity contribution is 5.89. The first-order chi connectivity index (χ1) is 13.3. The summed E-state index contributed by atoms with van der Waals surface area (Å²) < 4.78 is 40.9. The summed E-state index contributed by atoms with van der Waals surface area (Å²) in [7, 11) is 0. The Morgan fingerprint density at radius 1 is 1.18 bits per heavy atom. The van der Waals surface area contributed by atoms with E-state index in [-0.39, 0.29) is 24.1 Å². The highest BCUT2D eigenvalue weighted by atomic mass is 19.4. The molecule has 0 saturated carbocycles. The van der Waals surface area contributed by atoms with Crippen LogP contribution in [0.4, 0.5) is 19.0 Å². The molecule has 6 nitrogen and oxygen atoms in total. The first kappa shape index (κ1) is 18.4. The molecule has 1 atom stereocenters. The quantitative estimate of drug-likeness (QED) is 0.745. The van der Waals surface area contributed by atoms with Gasteiger partial charge in [-0.05, 0) is 37.1 Å². The van der Waals surface area contributed by atoms with Crippen LogP contribution in [0.1, 0.15) is 17.7 Å². The van der Waals surface area contributed by atoms with E-state index in [2.05, 4.69) is 9.97 Å². The molecular formula is C19H17F3N4O2. The third kappa shape index (κ3) is 2.91. The van der Waals surface area contributed by atoms with Gasteiger partial charge in [0.15, 0.2) is 5.65 Å². The number of nitrogens with zero attached hydrogens (tertiary/aromatic N) is 4. The Morgan fingerprint density at radius 2 is 1.93 bits per heavy atom. The second-order valence-electron chi connectivity index (χ2n) is 6.72. The zero-order valence-electron chi connectivity index (χ0n) is 14.9. The lowest BCUT2D eigenvalue weighted by atomic mass is 10.0. The number of aliphatic hydroxyl groups excluding tert-OH is 1. The van der Waals surface area contributed by atoms with Crippen LogP contribution in [0.25, 0.3) is 16.7 Å². The Morgan fingerprint density at radius 3 is 2.54 bits per heavy atom. The van der Waals surface area contributed by atoms with Crippen molar-refractivity contribution in [2.45, 2.75) is 25.6 Å². The molecule has 1 aliphatic heterocycles. The van der Waals surface area contributed by atoms with Crippen molar-refractivity contribution >= 4 is 16.9 Å². The minimum atomic E-state index is -4.64. The van der Waals surface area contributed by atoms with E-state index in [9.17, 15) is 23.1 Å². The monoisotopic (exact) mass is 390 g/mol. The van der Waals surface area contributed by atoms with Gasteiger partial charge in [-0.1, -0.05) is 18.2 Å². The summed E-state index contributed by atoms with van der Waals surface area (Å²) >= 11 is 0. The summed E-state index contributed by atoms with van der Waals surface area (Å²) in [5.74, 6) is 0.247. The highest BCUT2D eigenvalue weighted by Gasteiger charge is 2.35. The van der Waals surface area contributed by atoms with E-state index >= 15 is 0 Å². The number of aromatic nitrogens is 3. The van der Waals surface area contributed by atoms with Gasteiger partial charge in [0.2, 0.25) is 0 Å². The van der Waals surface area contributed by atoms with Gasteiger partial charge in [-0.25, -0.2) is 14.3 Å². The number of fused-ring (bicyclic) bond motifs is 1. The SMILES string of the molecule is Cc1ccccc1-n1c(=O)nc(N2CCC2CO)c2ccc(C(F)(F)F)nc21. The molecule has 4 rings (SSSR count). The number of anilines is 1. The molecule has 1 saturated heterocycles. The molecule has 1 aliphatic rings. The van der Waals surface area contributed by atoms with Gasteiger partial charge in [-0.15, -0.1) is 0 Å². The number of benzene rings is 1. The van der Waals surface area contributed by atoms with E-state index in [1.165, 1.54) is 6.07 Å². The summed E-state index contributed by atoms with van der Waals surface area (Å²) in [6, 6.07) is 8.81. The van der Waals surface area contributed by atoms with Crippen LogP contribution in [-0.4, -0.2) is 38.8 Å². The molecule has 3 heterocycles. The third-order valence-electron chi connectivity index (χ3n) is 4.99. The number of alkyl halides is 3. The lowest BCUT2D eigenvalue weighted by molar-refractivity contribution is -0.141. The predicted molar refractivity (Wildman–Crippen MR) is 97.7 cm³/mol. The van der Waals surface area contributed by atoms with Crippen molar-refractivity contribution in [2.24, 2.45) is 0 Å². The number of aryl methyl sites for hydroxylation is 1. The van der Waals surface area contributed by atoms with Crippen LogP contribution in [0.3, 0.4) is 0 Å². The van der Waals surface area contributed by atoms with Gasteiger partial charge in [0.25, 0.3) is 0 Å². The fourth-order valence-electron chi connectivity index (χ4n) is 3.40. The van der Waals surface area contributed by atoms with Crippen LogP contribution in [0, 0.1) is 6.92 Å². The Hall–Kier alpha value is -2.94. The molecule has 1 aromatic carbocycles. The number of hydrogen-bond acceptors (Lipinski definition) is 5. The van der Waals surface area contributed by atoms with Gasteiger partial charge >= 0.3 is 11.9 Å². The van der Waals surface area contributed by atoms with Crippen molar-refractivity contribution in [1.29, 1.82) is 0 Å². The zero-order chi connectivity index (χ0) is 20.1. The summed E-state index contributed by atoms with van der Waals surface area (Å²) in [6.07, 6.45) is -3.93. The lowest BCUT2D eigenvalue weighted by Crippen LogP contribution is -2.51. The molecule has 0 radical (unpaired) electrons. The Labute approximate surface area is 157 Å². The van der Waals surface area contributed by atoms with Crippen molar-refractivity contribution < 1.29 is 18.3 Å². The van der Waals surface area contributed by atoms with Crippen molar-refractivity contribution in [1.82, 2.24) is 14.5 Å². The summed E-state index contributed by atoms with van der Waals surface area (Å²) in [5.41, 5.74) is -0.779. The maximum atomic E-state index is 13.3. The van der Waals surface area contributed by atoms with Gasteiger partial charge in [-0.3, -0.25) is 0 Å². The summed E-state index contributed by atoms with van der Waals surface area (Å²) in [5, 5.41) is 9.79. The topological polar surface area (TPSA) is 71.2 Å². The molecule has 3 aromatic rings. The van der Waals surface area contributed by atoms with Crippen LogP contribution >= 0.6 is 0 Å². The van der Waals surface area contributed by atoms with Crippen molar-refractivity contribution in [2.75, 3.05) is 18.1 Å². The maximum Gasteiger partial charge on any atom is 0.433 e. The van der Waals surface area contributed by atoms with Crippen LogP contribution in [0.15, 0.2) is 41.2 Å². The molecule has 0 aliphatic carbocycles. The normalized spacial score (nSPS) is 17.0. The smallest absolute Gasteiger partial charge is 0.394 e. The number of hydrogen-bond donors (Lipinski definition) is 1. The number of pyridine rings is 1. The highest BCUT2D eigenvalue weighted by Crippen LogP contribution is 2.34. The van der Waals surface area contributed by atoms with Gasteiger partial charge in [0.1, 0.15) is 11.5 Å².